The Morgan fingerprint density at radius 1 is 1.11 bits per heavy atom. The number of carbonyl (C=O) groups is 1. The lowest BCUT2D eigenvalue weighted by Crippen LogP contribution is -2.26. The van der Waals surface area contributed by atoms with E-state index in [4.69, 9.17) is 0 Å². The molecule has 2 N–H and O–H groups in total. The molecule has 2 aliphatic rings. The summed E-state index contributed by atoms with van der Waals surface area (Å²) >= 11 is 1.44. The van der Waals surface area contributed by atoms with Crippen LogP contribution in [-0.4, -0.2) is 51.7 Å². The number of likely N-dealkylation sites (tertiary alicyclic amines) is 1. The normalized spacial score (nSPS) is 16.0. The topological polar surface area (TPSA) is 73.9 Å². The van der Waals surface area contributed by atoms with Crippen LogP contribution in [-0.2, 0) is 6.42 Å². The van der Waals surface area contributed by atoms with Crippen LogP contribution in [0.25, 0.3) is 23.1 Å². The third-order valence-electron chi connectivity index (χ3n) is 7.06. The summed E-state index contributed by atoms with van der Waals surface area (Å²) in [5.74, 6) is -0.638. The first kappa shape index (κ1) is 24.8. The fourth-order valence-corrected chi connectivity index (χ4v) is 5.76. The van der Waals surface area contributed by atoms with Gasteiger partial charge in [0.25, 0.3) is 5.91 Å². The van der Waals surface area contributed by atoms with Crippen LogP contribution in [0.5, 0.6) is 0 Å². The summed E-state index contributed by atoms with van der Waals surface area (Å²) in [7, 11) is 0. The minimum Gasteiger partial charge on any atom is -0.349 e. The molecular weight excluding hydrogens is 497 g/mol. The molecule has 2 fully saturated rings. The lowest BCUT2D eigenvalue weighted by molar-refractivity contribution is 0.0947. The van der Waals surface area contributed by atoms with Gasteiger partial charge in [0.2, 0.25) is 0 Å². The highest BCUT2D eigenvalue weighted by Crippen LogP contribution is 2.34. The number of hydrogen-bond donors (Lipinski definition) is 2. The van der Waals surface area contributed by atoms with Gasteiger partial charge in [-0.1, -0.05) is 11.8 Å². The van der Waals surface area contributed by atoms with E-state index in [1.165, 1.54) is 55.4 Å². The number of rotatable bonds is 9. The number of H-pyrrole nitrogens is 1. The third-order valence-corrected chi connectivity index (χ3v) is 8.13. The van der Waals surface area contributed by atoms with Crippen LogP contribution in [0.4, 0.5) is 4.39 Å². The molecule has 1 amide bonds. The molecule has 0 radical (unpaired) electrons. The predicted octanol–water partition coefficient (Wildman–Crippen LogP) is 5.95. The van der Waals surface area contributed by atoms with E-state index in [2.05, 4.69) is 37.5 Å². The van der Waals surface area contributed by atoms with Gasteiger partial charge >= 0.3 is 0 Å². The van der Waals surface area contributed by atoms with E-state index in [9.17, 15) is 9.18 Å². The maximum Gasteiger partial charge on any atom is 0.252 e. The first-order valence-corrected chi connectivity index (χ1v) is 14.0. The van der Waals surface area contributed by atoms with Crippen molar-refractivity contribution < 1.29 is 9.18 Å². The number of nitrogens with zero attached hydrogens (tertiary/aromatic N) is 3. The number of halogens is 1. The lowest BCUT2D eigenvalue weighted by Gasteiger charge is -2.14. The number of benzene rings is 2. The summed E-state index contributed by atoms with van der Waals surface area (Å²) < 4.78 is 13.9. The number of carbonyl (C=O) groups excluding carboxylic acids is 1. The van der Waals surface area contributed by atoms with Gasteiger partial charge in [-0.05, 0) is 111 Å². The summed E-state index contributed by atoms with van der Waals surface area (Å²) in [4.78, 5) is 21.4. The number of hydrogen-bond acceptors (Lipinski definition) is 5. The Morgan fingerprint density at radius 3 is 2.82 bits per heavy atom. The zero-order valence-electron chi connectivity index (χ0n) is 21.1. The van der Waals surface area contributed by atoms with E-state index < -0.39 is 5.82 Å². The monoisotopic (exact) mass is 527 g/mol. The molecular formula is C30H30FN5OS. The molecule has 38 heavy (non-hydrogen) atoms. The largest absolute Gasteiger partial charge is 0.349 e. The van der Waals surface area contributed by atoms with Gasteiger partial charge in [-0.25, -0.2) is 4.39 Å². The highest BCUT2D eigenvalue weighted by atomic mass is 32.2. The van der Waals surface area contributed by atoms with Crippen LogP contribution in [0.1, 0.15) is 53.0 Å². The van der Waals surface area contributed by atoms with Crippen LogP contribution >= 0.6 is 11.8 Å². The van der Waals surface area contributed by atoms with Gasteiger partial charge in [-0.3, -0.25) is 14.9 Å². The average Bonchev–Trinajstić information content (AvgIpc) is 3.41. The highest BCUT2D eigenvalue weighted by Gasteiger charge is 2.25. The molecule has 194 valence electrons. The predicted molar refractivity (Wildman–Crippen MR) is 150 cm³/mol. The average molecular weight is 528 g/mol. The van der Waals surface area contributed by atoms with Crippen molar-refractivity contribution in [3.05, 3.63) is 83.1 Å². The second-order valence-corrected chi connectivity index (χ2v) is 11.1. The zero-order valence-corrected chi connectivity index (χ0v) is 21.9. The van der Waals surface area contributed by atoms with Crippen molar-refractivity contribution in [2.45, 2.75) is 47.9 Å². The van der Waals surface area contributed by atoms with Gasteiger partial charge < -0.3 is 10.2 Å². The third kappa shape index (κ3) is 5.97. The molecule has 1 aliphatic carbocycles. The van der Waals surface area contributed by atoms with E-state index >= 15 is 0 Å². The molecule has 8 heteroatoms. The fraction of sp³-hybridized carbons (Fsp3) is 0.300. The van der Waals surface area contributed by atoms with Crippen molar-refractivity contribution in [3.8, 4) is 0 Å². The van der Waals surface area contributed by atoms with Crippen molar-refractivity contribution >= 4 is 40.7 Å². The van der Waals surface area contributed by atoms with E-state index in [1.807, 2.05) is 36.5 Å². The van der Waals surface area contributed by atoms with Gasteiger partial charge in [-0.15, -0.1) is 0 Å². The van der Waals surface area contributed by atoms with Crippen LogP contribution in [0, 0.1) is 5.82 Å². The van der Waals surface area contributed by atoms with Gasteiger partial charge in [0.05, 0.1) is 22.5 Å². The molecule has 6 rings (SSSR count). The first-order chi connectivity index (χ1) is 18.6. The number of aromatic nitrogens is 3. The summed E-state index contributed by atoms with van der Waals surface area (Å²) in [5, 5.41) is 11.6. The summed E-state index contributed by atoms with van der Waals surface area (Å²) in [6.07, 6.45) is 11.5. The van der Waals surface area contributed by atoms with Crippen molar-refractivity contribution in [1.82, 2.24) is 25.4 Å². The molecule has 0 atom stereocenters. The molecule has 0 bridgehead atoms. The second-order valence-electron chi connectivity index (χ2n) is 10.0. The van der Waals surface area contributed by atoms with Crippen molar-refractivity contribution in [1.29, 1.82) is 0 Å². The van der Waals surface area contributed by atoms with E-state index in [-0.39, 0.29) is 11.9 Å². The molecule has 1 saturated heterocycles. The molecule has 2 aromatic heterocycles. The number of amides is 1. The van der Waals surface area contributed by atoms with Gasteiger partial charge in [-0.2, -0.15) is 5.10 Å². The molecule has 1 saturated carbocycles. The zero-order chi connectivity index (χ0) is 25.9. The minimum absolute atomic E-state index is 0.212. The first-order valence-electron chi connectivity index (χ1n) is 13.2. The van der Waals surface area contributed by atoms with E-state index in [1.54, 1.807) is 6.07 Å². The Morgan fingerprint density at radius 2 is 1.97 bits per heavy atom. The fourth-order valence-electron chi connectivity index (χ4n) is 4.80. The van der Waals surface area contributed by atoms with E-state index in [0.717, 1.165) is 57.9 Å². The van der Waals surface area contributed by atoms with Crippen molar-refractivity contribution in [2.75, 3.05) is 19.6 Å². The smallest absolute Gasteiger partial charge is 0.252 e. The number of fused-ring (bicyclic) bond motifs is 1. The number of nitrogens with one attached hydrogen (secondary N) is 2. The molecule has 3 heterocycles. The maximum absolute atomic E-state index is 13.9. The Bertz CT molecular complexity index is 1490. The van der Waals surface area contributed by atoms with Crippen LogP contribution < -0.4 is 5.32 Å². The minimum atomic E-state index is -0.414. The highest BCUT2D eigenvalue weighted by molar-refractivity contribution is 7.99. The Hall–Kier alpha value is -3.49. The van der Waals surface area contributed by atoms with E-state index in [0.29, 0.717) is 5.56 Å². The number of pyridine rings is 1. The van der Waals surface area contributed by atoms with Gasteiger partial charge in [0.15, 0.2) is 0 Å². The van der Waals surface area contributed by atoms with Crippen molar-refractivity contribution in [3.63, 3.8) is 0 Å². The molecule has 4 aromatic rings. The molecule has 2 aromatic carbocycles. The summed E-state index contributed by atoms with van der Waals surface area (Å²) in [5.41, 5.74) is 4.32. The lowest BCUT2D eigenvalue weighted by atomic mass is 10.1. The van der Waals surface area contributed by atoms with Gasteiger partial charge in [0.1, 0.15) is 5.82 Å². The molecule has 6 nitrogen and oxygen atoms in total. The van der Waals surface area contributed by atoms with Gasteiger partial charge in [0, 0.05) is 34.0 Å². The van der Waals surface area contributed by atoms with Crippen LogP contribution in [0.2, 0.25) is 0 Å². The summed E-state index contributed by atoms with van der Waals surface area (Å²) in [6, 6.07) is 14.9. The standard InChI is InChI=1S/C30H30FN5OS/c31-21-3-10-29(26(18-21)30(37)33-22-4-5-22)38-24-7-8-25-27(34-35-28(25)19-24)9-6-23-17-20(11-13-32-23)12-16-36-14-1-2-15-36/h3,6-11,13,17-19,22H,1-2,4-5,12,14-16H2,(H,33,37)(H,34,35)/b9-6+. The number of aromatic amines is 1. The molecule has 0 spiro atoms. The van der Waals surface area contributed by atoms with Crippen LogP contribution in [0.15, 0.2) is 64.5 Å². The Labute approximate surface area is 225 Å². The Kier molecular flexibility index (Phi) is 7.25. The SMILES string of the molecule is O=C(NC1CC1)c1cc(F)ccc1Sc1ccc2c(/C=C/c3cc(CCN4CCCC4)ccn3)n[nH]c2c1. The second kappa shape index (κ2) is 11.1. The van der Waals surface area contributed by atoms with Crippen molar-refractivity contribution in [2.24, 2.45) is 0 Å². The molecule has 1 aliphatic heterocycles. The maximum atomic E-state index is 13.9. The molecule has 0 unspecified atom stereocenters. The summed E-state index contributed by atoms with van der Waals surface area (Å²) in [6.45, 7) is 3.53. The Balaban J connectivity index is 1.16. The van der Waals surface area contributed by atoms with Crippen LogP contribution in [0.3, 0.4) is 0 Å². The quantitative estimate of drug-likeness (QED) is 0.281.